The van der Waals surface area contributed by atoms with E-state index in [0.717, 1.165) is 44.3 Å². The van der Waals surface area contributed by atoms with Crippen LogP contribution in [0.3, 0.4) is 0 Å². The maximum atomic E-state index is 6.53. The molecule has 266 valence electrons. The van der Waals surface area contributed by atoms with Crippen molar-refractivity contribution >= 4 is 75.3 Å². The minimum atomic E-state index is 0.593. The zero-order valence-corrected chi connectivity index (χ0v) is 31.2. The molecule has 0 spiro atoms. The molecule has 0 N–H and O–H groups in total. The van der Waals surface area contributed by atoms with Crippen molar-refractivity contribution in [3.8, 4) is 51.0 Å². The van der Waals surface area contributed by atoms with E-state index in [4.69, 9.17) is 19.4 Å². The van der Waals surface area contributed by atoms with Gasteiger partial charge in [-0.2, -0.15) is 0 Å². The van der Waals surface area contributed by atoms with Gasteiger partial charge in [0.05, 0.1) is 11.0 Å². The Labute approximate surface area is 330 Å². The average Bonchev–Trinajstić information content (AvgIpc) is 3.95. The molecule has 12 rings (SSSR count). The molecular formula is C51H30N4OS. The second-order valence-corrected chi connectivity index (χ2v) is 15.4. The smallest absolute Gasteiger partial charge is 0.164 e. The van der Waals surface area contributed by atoms with Gasteiger partial charge in [0.25, 0.3) is 0 Å². The van der Waals surface area contributed by atoms with Crippen LogP contribution < -0.4 is 0 Å². The third-order valence-corrected chi connectivity index (χ3v) is 12.3. The topological polar surface area (TPSA) is 56.7 Å². The number of benzene rings is 8. The number of hydrogen-bond acceptors (Lipinski definition) is 5. The molecule has 6 heteroatoms. The average molecular weight is 747 g/mol. The Hall–Kier alpha value is -7.41. The van der Waals surface area contributed by atoms with Gasteiger partial charge in [-0.15, -0.1) is 11.3 Å². The van der Waals surface area contributed by atoms with Crippen LogP contribution >= 0.6 is 11.3 Å². The number of hydrogen-bond donors (Lipinski definition) is 0. The highest BCUT2D eigenvalue weighted by Gasteiger charge is 2.18. The lowest BCUT2D eigenvalue weighted by Crippen LogP contribution is -2.00. The van der Waals surface area contributed by atoms with Crippen molar-refractivity contribution in [2.75, 3.05) is 0 Å². The van der Waals surface area contributed by atoms with Gasteiger partial charge in [0, 0.05) is 64.1 Å². The van der Waals surface area contributed by atoms with Crippen LogP contribution in [0.1, 0.15) is 0 Å². The van der Waals surface area contributed by atoms with Gasteiger partial charge in [0.15, 0.2) is 17.5 Å². The molecule has 0 aliphatic rings. The van der Waals surface area contributed by atoms with Gasteiger partial charge in [0.1, 0.15) is 11.2 Å². The molecule has 0 fully saturated rings. The van der Waals surface area contributed by atoms with Crippen LogP contribution in [0.2, 0.25) is 0 Å². The van der Waals surface area contributed by atoms with Gasteiger partial charge in [-0.25, -0.2) is 15.0 Å². The molecule has 0 bridgehead atoms. The summed E-state index contributed by atoms with van der Waals surface area (Å²) in [6.45, 7) is 0. The zero-order valence-electron chi connectivity index (χ0n) is 30.4. The van der Waals surface area contributed by atoms with E-state index in [1.54, 1.807) is 0 Å². The van der Waals surface area contributed by atoms with Crippen LogP contribution in [0, 0.1) is 0 Å². The number of aromatic nitrogens is 4. The third-order valence-electron chi connectivity index (χ3n) is 11.1. The summed E-state index contributed by atoms with van der Waals surface area (Å²) in [6.07, 6.45) is 0. The van der Waals surface area contributed by atoms with Gasteiger partial charge in [-0.3, -0.25) is 0 Å². The van der Waals surface area contributed by atoms with Crippen LogP contribution in [-0.2, 0) is 0 Å². The number of nitrogens with zero attached hydrogens (tertiary/aromatic N) is 4. The van der Waals surface area contributed by atoms with Crippen LogP contribution in [0.25, 0.3) is 115 Å². The van der Waals surface area contributed by atoms with Crippen LogP contribution in [0.15, 0.2) is 186 Å². The Morgan fingerprint density at radius 3 is 1.70 bits per heavy atom. The quantitative estimate of drug-likeness (QED) is 0.176. The number of rotatable bonds is 5. The molecule has 0 aliphatic heterocycles. The fourth-order valence-corrected chi connectivity index (χ4v) is 9.65. The molecule has 4 heterocycles. The molecule has 0 atom stereocenters. The summed E-state index contributed by atoms with van der Waals surface area (Å²) in [4.78, 5) is 15.2. The summed E-state index contributed by atoms with van der Waals surface area (Å²) < 4.78 is 11.3. The van der Waals surface area contributed by atoms with Gasteiger partial charge in [-0.05, 0) is 59.7 Å². The summed E-state index contributed by atoms with van der Waals surface area (Å²) in [5.41, 5.74) is 10.3. The van der Waals surface area contributed by atoms with Crippen molar-refractivity contribution in [3.63, 3.8) is 0 Å². The van der Waals surface area contributed by atoms with Gasteiger partial charge in [-0.1, -0.05) is 133 Å². The van der Waals surface area contributed by atoms with Gasteiger partial charge >= 0.3 is 0 Å². The van der Waals surface area contributed by atoms with Gasteiger partial charge < -0.3 is 8.98 Å². The summed E-state index contributed by atoms with van der Waals surface area (Å²) >= 11 is 1.81. The molecule has 0 saturated heterocycles. The Morgan fingerprint density at radius 1 is 0.386 bits per heavy atom. The molecule has 0 amide bonds. The molecule has 0 aliphatic carbocycles. The molecule has 57 heavy (non-hydrogen) atoms. The van der Waals surface area contributed by atoms with E-state index < -0.39 is 0 Å². The fraction of sp³-hybridized carbons (Fsp3) is 0. The van der Waals surface area contributed by atoms with E-state index >= 15 is 0 Å². The molecule has 0 saturated carbocycles. The zero-order chi connectivity index (χ0) is 37.5. The lowest BCUT2D eigenvalue weighted by atomic mass is 10.0. The highest BCUT2D eigenvalue weighted by molar-refractivity contribution is 7.26. The largest absolute Gasteiger partial charge is 0.456 e. The predicted molar refractivity (Wildman–Crippen MR) is 236 cm³/mol. The van der Waals surface area contributed by atoms with Crippen molar-refractivity contribution in [1.29, 1.82) is 0 Å². The highest BCUT2D eigenvalue weighted by Crippen LogP contribution is 2.42. The van der Waals surface area contributed by atoms with E-state index in [1.807, 2.05) is 41.7 Å². The van der Waals surface area contributed by atoms with E-state index in [2.05, 4.69) is 156 Å². The van der Waals surface area contributed by atoms with Crippen molar-refractivity contribution in [2.24, 2.45) is 0 Å². The van der Waals surface area contributed by atoms with Crippen LogP contribution in [0.4, 0.5) is 0 Å². The minimum absolute atomic E-state index is 0.593. The maximum absolute atomic E-state index is 6.53. The number of fused-ring (bicyclic) bond motifs is 9. The summed E-state index contributed by atoms with van der Waals surface area (Å²) in [6, 6.07) is 63.8. The number of furan rings is 1. The van der Waals surface area contributed by atoms with E-state index in [1.165, 1.54) is 53.1 Å². The third kappa shape index (κ3) is 5.12. The second kappa shape index (κ2) is 12.6. The Kier molecular flexibility index (Phi) is 7.03. The maximum Gasteiger partial charge on any atom is 0.164 e. The normalized spacial score (nSPS) is 11.9. The first-order chi connectivity index (χ1) is 28.2. The summed E-state index contributed by atoms with van der Waals surface area (Å²) in [5, 5.41) is 7.06. The molecule has 0 unspecified atom stereocenters. The van der Waals surface area contributed by atoms with Crippen LogP contribution in [0.5, 0.6) is 0 Å². The summed E-state index contributed by atoms with van der Waals surface area (Å²) in [5.74, 6) is 1.84. The highest BCUT2D eigenvalue weighted by atomic mass is 32.1. The molecular weight excluding hydrogens is 717 g/mol. The Balaban J connectivity index is 0.986. The van der Waals surface area contributed by atoms with Crippen molar-refractivity contribution < 1.29 is 4.42 Å². The molecule has 4 aromatic heterocycles. The molecule has 12 aromatic rings. The Bertz CT molecular complexity index is 3470. The second-order valence-electron chi connectivity index (χ2n) is 14.4. The van der Waals surface area contributed by atoms with Crippen molar-refractivity contribution in [3.05, 3.63) is 182 Å². The molecule has 0 radical (unpaired) electrons. The fourth-order valence-electron chi connectivity index (χ4n) is 8.38. The SMILES string of the molecule is c1ccc(-c2nc(-c3ccc4c(c3)oc3ccc(-n5c6ccccc6c6ccccc65)cc34)nc(-c3ccc4c(c3)sc3c(-c5ccccc5)cccc34)n2)cc1. The monoisotopic (exact) mass is 746 g/mol. The van der Waals surface area contributed by atoms with E-state index in [9.17, 15) is 0 Å². The van der Waals surface area contributed by atoms with Gasteiger partial charge in [0.2, 0.25) is 0 Å². The van der Waals surface area contributed by atoms with E-state index in [0.29, 0.717) is 17.5 Å². The van der Waals surface area contributed by atoms with Crippen LogP contribution in [-0.4, -0.2) is 19.5 Å². The lowest BCUT2D eigenvalue weighted by Gasteiger charge is -2.09. The summed E-state index contributed by atoms with van der Waals surface area (Å²) in [7, 11) is 0. The number of thiophene rings is 1. The minimum Gasteiger partial charge on any atom is -0.456 e. The standard InChI is InChI=1S/C51H30N4OS/c1-3-12-31(13-4-1)36-18-11-19-41-40-26-23-34(29-47(40)57-48(36)41)51-53-49(32-14-5-2-6-15-32)52-50(54-51)33-22-25-39-42-30-35(24-27-45(42)56-46(39)28-33)55-43-20-9-7-16-37(43)38-17-8-10-21-44(38)55/h1-30H. The molecule has 8 aromatic carbocycles. The first-order valence-corrected chi connectivity index (χ1v) is 19.8. The van der Waals surface area contributed by atoms with E-state index in [-0.39, 0.29) is 0 Å². The first kappa shape index (κ1) is 31.9. The number of para-hydroxylation sites is 2. The lowest BCUT2D eigenvalue weighted by molar-refractivity contribution is 0.669. The van der Waals surface area contributed by atoms with Crippen molar-refractivity contribution in [2.45, 2.75) is 0 Å². The predicted octanol–water partition coefficient (Wildman–Crippen LogP) is 13.9. The first-order valence-electron chi connectivity index (χ1n) is 19.0. The van der Waals surface area contributed by atoms with Crippen molar-refractivity contribution in [1.82, 2.24) is 19.5 Å². The Morgan fingerprint density at radius 2 is 0.982 bits per heavy atom. The molecule has 5 nitrogen and oxygen atoms in total.